The third kappa shape index (κ3) is 4.34. The van der Waals surface area contributed by atoms with Crippen molar-refractivity contribution in [1.29, 1.82) is 0 Å². The zero-order valence-corrected chi connectivity index (χ0v) is 12.2. The van der Waals surface area contributed by atoms with E-state index in [2.05, 4.69) is 28.6 Å². The highest BCUT2D eigenvalue weighted by molar-refractivity contribution is 6.04. The van der Waals surface area contributed by atoms with E-state index in [1.165, 1.54) is 0 Å². The average Bonchev–Trinajstić information content (AvgIpc) is 2.56. The molecule has 0 saturated heterocycles. The Kier molecular flexibility index (Phi) is 5.35. The molecule has 1 aromatic carbocycles. The van der Waals surface area contributed by atoms with Gasteiger partial charge in [0.15, 0.2) is 11.5 Å². The van der Waals surface area contributed by atoms with Crippen LogP contribution in [0, 0.1) is 0 Å². The van der Waals surface area contributed by atoms with Gasteiger partial charge in [0.25, 0.3) is 5.91 Å². The maximum atomic E-state index is 13.5. The molecule has 0 aliphatic heterocycles. The Bertz CT molecular complexity index is 757. The molecule has 0 aliphatic carbocycles. The molecule has 0 aliphatic rings. The molecule has 2 aromatic rings. The van der Waals surface area contributed by atoms with Crippen LogP contribution in [-0.2, 0) is 4.79 Å². The van der Waals surface area contributed by atoms with Gasteiger partial charge in [-0.3, -0.25) is 14.8 Å². The van der Waals surface area contributed by atoms with Gasteiger partial charge in [0.2, 0.25) is 0 Å². The molecule has 6 heteroatoms. The number of nitrogens with zero attached hydrogens (tertiary/aromatic N) is 2. The maximum Gasteiger partial charge on any atom is 0.277 e. The summed E-state index contributed by atoms with van der Waals surface area (Å²) in [6, 6.07) is 10.1. The standard InChI is InChI=1S/C17H14FN3O2/c1-3-15(18)16(19-2)17(22)21-12-6-4-7-13(10-12)23-14-8-5-9-20-11-14/h3-11H,1-2H2,(H,21,22)/b16-15+. The number of hydrogen-bond donors (Lipinski definition) is 1. The molecule has 0 unspecified atom stereocenters. The highest BCUT2D eigenvalue weighted by atomic mass is 19.1. The van der Waals surface area contributed by atoms with E-state index in [0.717, 1.165) is 6.08 Å². The lowest BCUT2D eigenvalue weighted by molar-refractivity contribution is -0.113. The number of halogens is 1. The first kappa shape index (κ1) is 16.1. The largest absolute Gasteiger partial charge is 0.456 e. The van der Waals surface area contributed by atoms with Crippen LogP contribution in [-0.4, -0.2) is 17.6 Å². The Morgan fingerprint density at radius 3 is 2.74 bits per heavy atom. The minimum atomic E-state index is -0.847. The number of aliphatic imine (C=N–C) groups is 1. The monoisotopic (exact) mass is 311 g/mol. The lowest BCUT2D eigenvalue weighted by Crippen LogP contribution is -2.14. The SMILES string of the molecule is C=C/C(F)=C(\N=C)C(=O)Nc1cccc(Oc2cccnc2)c1. The Morgan fingerprint density at radius 2 is 2.09 bits per heavy atom. The number of benzene rings is 1. The molecule has 0 saturated carbocycles. The molecule has 1 amide bonds. The maximum absolute atomic E-state index is 13.5. The number of rotatable bonds is 6. The van der Waals surface area contributed by atoms with Crippen molar-refractivity contribution in [1.82, 2.24) is 4.98 Å². The van der Waals surface area contributed by atoms with Crippen LogP contribution in [0.5, 0.6) is 11.5 Å². The van der Waals surface area contributed by atoms with Crippen molar-refractivity contribution in [2.24, 2.45) is 4.99 Å². The molecule has 0 radical (unpaired) electrons. The summed E-state index contributed by atoms with van der Waals surface area (Å²) < 4.78 is 19.1. The van der Waals surface area contributed by atoms with Crippen molar-refractivity contribution >= 4 is 18.3 Å². The zero-order valence-electron chi connectivity index (χ0n) is 12.2. The highest BCUT2D eigenvalue weighted by Crippen LogP contribution is 2.24. The van der Waals surface area contributed by atoms with Gasteiger partial charge in [0.05, 0.1) is 6.20 Å². The molecule has 23 heavy (non-hydrogen) atoms. The number of amides is 1. The van der Waals surface area contributed by atoms with Gasteiger partial charge >= 0.3 is 0 Å². The predicted octanol–water partition coefficient (Wildman–Crippen LogP) is 3.88. The van der Waals surface area contributed by atoms with E-state index < -0.39 is 17.4 Å². The van der Waals surface area contributed by atoms with Gasteiger partial charge in [0, 0.05) is 18.0 Å². The Balaban J connectivity index is 2.15. The average molecular weight is 311 g/mol. The molecule has 116 valence electrons. The minimum absolute atomic E-state index is 0.425. The molecule has 5 nitrogen and oxygen atoms in total. The Morgan fingerprint density at radius 1 is 1.30 bits per heavy atom. The Hall–Kier alpha value is -3.28. The summed E-state index contributed by atoms with van der Waals surface area (Å²) in [4.78, 5) is 19.3. The molecule has 0 spiro atoms. The lowest BCUT2D eigenvalue weighted by Gasteiger charge is -2.09. The molecule has 2 rings (SSSR count). The van der Waals surface area contributed by atoms with Gasteiger partial charge in [-0.2, -0.15) is 0 Å². The minimum Gasteiger partial charge on any atom is -0.456 e. The van der Waals surface area contributed by atoms with Crippen molar-refractivity contribution in [2.75, 3.05) is 5.32 Å². The number of aromatic nitrogens is 1. The van der Waals surface area contributed by atoms with Crippen LogP contribution in [0.15, 0.2) is 78.0 Å². The van der Waals surface area contributed by atoms with E-state index in [0.29, 0.717) is 17.2 Å². The number of ether oxygens (including phenoxy) is 1. The van der Waals surface area contributed by atoms with E-state index in [4.69, 9.17) is 4.74 Å². The summed E-state index contributed by atoms with van der Waals surface area (Å²) in [5.41, 5.74) is -0.00650. The predicted molar refractivity (Wildman–Crippen MR) is 87.3 cm³/mol. The quantitative estimate of drug-likeness (QED) is 0.500. The summed E-state index contributed by atoms with van der Waals surface area (Å²) in [5, 5.41) is 2.52. The van der Waals surface area contributed by atoms with E-state index >= 15 is 0 Å². The number of carbonyl (C=O) groups is 1. The third-order valence-electron chi connectivity index (χ3n) is 2.74. The van der Waals surface area contributed by atoms with Gasteiger partial charge in [0.1, 0.15) is 11.5 Å². The first-order chi connectivity index (χ1) is 11.1. The molecule has 0 bridgehead atoms. The molecular formula is C17H14FN3O2. The summed E-state index contributed by atoms with van der Waals surface area (Å²) >= 11 is 0. The normalized spacial score (nSPS) is 11.2. The Labute approximate surface area is 132 Å². The molecule has 1 aromatic heterocycles. The summed E-state index contributed by atoms with van der Waals surface area (Å²) in [5.74, 6) is -0.518. The first-order valence-electron chi connectivity index (χ1n) is 6.62. The van der Waals surface area contributed by atoms with Crippen LogP contribution in [0.25, 0.3) is 0 Å². The molecular weight excluding hydrogens is 297 g/mol. The fourth-order valence-electron chi connectivity index (χ4n) is 1.72. The topological polar surface area (TPSA) is 63.6 Å². The number of carbonyl (C=O) groups excluding carboxylic acids is 1. The summed E-state index contributed by atoms with van der Waals surface area (Å²) in [6.45, 7) is 6.43. The van der Waals surface area contributed by atoms with Gasteiger partial charge in [-0.1, -0.05) is 12.6 Å². The second kappa shape index (κ2) is 7.65. The fourth-order valence-corrected chi connectivity index (χ4v) is 1.72. The van der Waals surface area contributed by atoms with Crippen molar-refractivity contribution in [3.63, 3.8) is 0 Å². The molecule has 0 fully saturated rings. The van der Waals surface area contributed by atoms with E-state index in [-0.39, 0.29) is 0 Å². The van der Waals surface area contributed by atoms with Crippen LogP contribution in [0.2, 0.25) is 0 Å². The molecule has 1 heterocycles. The van der Waals surface area contributed by atoms with E-state index in [1.54, 1.807) is 48.8 Å². The van der Waals surface area contributed by atoms with Crippen LogP contribution < -0.4 is 10.1 Å². The lowest BCUT2D eigenvalue weighted by atomic mass is 10.2. The van der Waals surface area contributed by atoms with Crippen molar-refractivity contribution in [2.45, 2.75) is 0 Å². The molecule has 1 N–H and O–H groups in total. The van der Waals surface area contributed by atoms with Crippen LogP contribution >= 0.6 is 0 Å². The van der Waals surface area contributed by atoms with Crippen LogP contribution in [0.1, 0.15) is 0 Å². The summed E-state index contributed by atoms with van der Waals surface area (Å²) in [7, 11) is 0. The van der Waals surface area contributed by atoms with E-state index in [9.17, 15) is 9.18 Å². The van der Waals surface area contributed by atoms with Crippen molar-refractivity contribution in [3.05, 3.63) is 73.0 Å². The van der Waals surface area contributed by atoms with Crippen LogP contribution in [0.3, 0.4) is 0 Å². The zero-order chi connectivity index (χ0) is 16.7. The van der Waals surface area contributed by atoms with Crippen molar-refractivity contribution < 1.29 is 13.9 Å². The number of hydrogen-bond acceptors (Lipinski definition) is 4. The van der Waals surface area contributed by atoms with Gasteiger partial charge in [-0.15, -0.1) is 0 Å². The number of allylic oxidation sites excluding steroid dienone is 2. The van der Waals surface area contributed by atoms with E-state index in [1.807, 2.05) is 0 Å². The van der Waals surface area contributed by atoms with Crippen LogP contribution in [0.4, 0.5) is 10.1 Å². The number of anilines is 1. The smallest absolute Gasteiger partial charge is 0.277 e. The number of nitrogens with one attached hydrogen (secondary N) is 1. The first-order valence-corrected chi connectivity index (χ1v) is 6.62. The fraction of sp³-hybridized carbons (Fsp3) is 0. The third-order valence-corrected chi connectivity index (χ3v) is 2.74. The van der Waals surface area contributed by atoms with Gasteiger partial charge < -0.3 is 10.1 Å². The molecule has 0 atom stereocenters. The summed E-state index contributed by atoms with van der Waals surface area (Å²) in [6.07, 6.45) is 4.09. The van der Waals surface area contributed by atoms with Gasteiger partial charge in [-0.05, 0) is 37.1 Å². The second-order valence-electron chi connectivity index (χ2n) is 4.33. The highest BCUT2D eigenvalue weighted by Gasteiger charge is 2.13. The van der Waals surface area contributed by atoms with Gasteiger partial charge in [-0.25, -0.2) is 4.39 Å². The second-order valence-corrected chi connectivity index (χ2v) is 4.33. The number of pyridine rings is 1. The van der Waals surface area contributed by atoms with Crippen molar-refractivity contribution in [3.8, 4) is 11.5 Å².